The predicted molar refractivity (Wildman–Crippen MR) is 77.0 cm³/mol. The van der Waals surface area contributed by atoms with Crippen LogP contribution in [0.3, 0.4) is 0 Å². The van der Waals surface area contributed by atoms with Crippen LogP contribution in [0.5, 0.6) is 0 Å². The zero-order chi connectivity index (χ0) is 17.2. The van der Waals surface area contributed by atoms with Crippen LogP contribution in [0, 0.1) is 0 Å². The van der Waals surface area contributed by atoms with Gasteiger partial charge in [-0.25, -0.2) is 9.59 Å². The maximum Gasteiger partial charge on any atom is 0.376 e. The van der Waals surface area contributed by atoms with Crippen LogP contribution in [-0.2, 0) is 24.4 Å². The second kappa shape index (κ2) is 9.49. The molecular formula is C15H16O8. The standard InChI is InChI=1S/C15H16O8/c1-2-13(18)21-23-22-15(20)11(14(19)12(17)9-16)8-10-6-4-3-5-7-10/h2-8,12,14,16-17,19H,1,9H2/b11-8-. The van der Waals surface area contributed by atoms with Crippen LogP contribution in [0.15, 0.2) is 48.6 Å². The molecule has 23 heavy (non-hydrogen) atoms. The Kier molecular flexibility index (Phi) is 7.64. The summed E-state index contributed by atoms with van der Waals surface area (Å²) in [7, 11) is 0. The quantitative estimate of drug-likeness (QED) is 0.344. The van der Waals surface area contributed by atoms with E-state index in [0.29, 0.717) is 5.56 Å². The van der Waals surface area contributed by atoms with Crippen LogP contribution < -0.4 is 0 Å². The Bertz CT molecular complexity index is 566. The molecule has 0 saturated heterocycles. The van der Waals surface area contributed by atoms with Gasteiger partial charge in [-0.3, -0.25) is 9.78 Å². The van der Waals surface area contributed by atoms with E-state index in [-0.39, 0.29) is 0 Å². The molecule has 0 fully saturated rings. The van der Waals surface area contributed by atoms with E-state index in [2.05, 4.69) is 21.4 Å². The minimum Gasteiger partial charge on any atom is -0.394 e. The van der Waals surface area contributed by atoms with Gasteiger partial charge >= 0.3 is 11.9 Å². The molecule has 8 nitrogen and oxygen atoms in total. The number of benzene rings is 1. The summed E-state index contributed by atoms with van der Waals surface area (Å²) in [6.45, 7) is 2.32. The number of rotatable bonds is 8. The summed E-state index contributed by atoms with van der Waals surface area (Å²) in [5.74, 6) is -2.21. The Hall–Kier alpha value is -2.52. The number of carbonyl (C=O) groups is 2. The molecule has 0 bridgehead atoms. The maximum atomic E-state index is 11.9. The third kappa shape index (κ3) is 6.01. The third-order valence-corrected chi connectivity index (χ3v) is 2.62. The molecule has 0 aliphatic carbocycles. The fourth-order valence-corrected chi connectivity index (χ4v) is 1.46. The van der Waals surface area contributed by atoms with Crippen molar-refractivity contribution in [1.82, 2.24) is 0 Å². The molecule has 0 radical (unpaired) electrons. The van der Waals surface area contributed by atoms with E-state index in [9.17, 15) is 19.8 Å². The number of hydrogen-bond donors (Lipinski definition) is 3. The summed E-state index contributed by atoms with van der Waals surface area (Å²) in [5.41, 5.74) is 0.110. The smallest absolute Gasteiger partial charge is 0.376 e. The molecule has 0 amide bonds. The van der Waals surface area contributed by atoms with Crippen molar-refractivity contribution in [3.63, 3.8) is 0 Å². The molecule has 0 heterocycles. The van der Waals surface area contributed by atoms with E-state index >= 15 is 0 Å². The molecular weight excluding hydrogens is 308 g/mol. The molecule has 0 aliphatic rings. The molecule has 124 valence electrons. The van der Waals surface area contributed by atoms with Crippen molar-refractivity contribution in [2.45, 2.75) is 12.2 Å². The zero-order valence-electron chi connectivity index (χ0n) is 12.0. The van der Waals surface area contributed by atoms with Gasteiger partial charge in [0.2, 0.25) is 0 Å². The highest BCUT2D eigenvalue weighted by Crippen LogP contribution is 2.15. The Labute approximate surface area is 131 Å². The van der Waals surface area contributed by atoms with Gasteiger partial charge in [0, 0.05) is 11.1 Å². The molecule has 0 saturated carbocycles. The highest BCUT2D eigenvalue weighted by Gasteiger charge is 2.27. The molecule has 0 aliphatic heterocycles. The lowest BCUT2D eigenvalue weighted by Gasteiger charge is -2.17. The predicted octanol–water partition coefficient (Wildman–Crippen LogP) is -0.0969. The minimum atomic E-state index is -1.74. The topological polar surface area (TPSA) is 123 Å². The summed E-state index contributed by atoms with van der Waals surface area (Å²) >= 11 is 0. The van der Waals surface area contributed by atoms with Crippen LogP contribution in [0.25, 0.3) is 6.08 Å². The zero-order valence-corrected chi connectivity index (χ0v) is 12.0. The molecule has 0 aromatic heterocycles. The van der Waals surface area contributed by atoms with Crippen molar-refractivity contribution in [2.75, 3.05) is 6.61 Å². The molecule has 8 heteroatoms. The molecule has 1 aromatic carbocycles. The largest absolute Gasteiger partial charge is 0.394 e. The average Bonchev–Trinajstić information content (AvgIpc) is 2.58. The molecule has 1 aromatic rings. The summed E-state index contributed by atoms with van der Waals surface area (Å²) in [6, 6.07) is 8.37. The van der Waals surface area contributed by atoms with Gasteiger partial charge in [0.05, 0.1) is 12.2 Å². The van der Waals surface area contributed by atoms with Crippen molar-refractivity contribution >= 4 is 18.0 Å². The van der Waals surface area contributed by atoms with E-state index in [1.54, 1.807) is 30.3 Å². The summed E-state index contributed by atoms with van der Waals surface area (Å²) in [4.78, 5) is 30.9. The second-order valence-corrected chi connectivity index (χ2v) is 4.25. The number of carbonyl (C=O) groups excluding carboxylic acids is 2. The van der Waals surface area contributed by atoms with Crippen LogP contribution in [0.1, 0.15) is 5.56 Å². The van der Waals surface area contributed by atoms with Crippen molar-refractivity contribution in [3.05, 3.63) is 54.1 Å². The van der Waals surface area contributed by atoms with Crippen molar-refractivity contribution in [3.8, 4) is 0 Å². The lowest BCUT2D eigenvalue weighted by molar-refractivity contribution is -0.456. The van der Waals surface area contributed by atoms with Gasteiger partial charge in [0.15, 0.2) is 0 Å². The molecule has 2 unspecified atom stereocenters. The fraction of sp³-hybridized carbons (Fsp3) is 0.200. The number of aliphatic hydroxyl groups is 3. The highest BCUT2D eigenvalue weighted by molar-refractivity contribution is 5.94. The highest BCUT2D eigenvalue weighted by atomic mass is 17.5. The van der Waals surface area contributed by atoms with Crippen molar-refractivity contribution in [1.29, 1.82) is 0 Å². The normalized spacial score (nSPS) is 13.8. The summed E-state index contributed by atoms with van der Waals surface area (Å²) < 4.78 is 0. The van der Waals surface area contributed by atoms with Gasteiger partial charge in [-0.1, -0.05) is 36.9 Å². The van der Waals surface area contributed by atoms with E-state index in [0.717, 1.165) is 6.08 Å². The fourth-order valence-electron chi connectivity index (χ4n) is 1.46. The van der Waals surface area contributed by atoms with Gasteiger partial charge < -0.3 is 15.3 Å². The van der Waals surface area contributed by atoms with E-state index in [4.69, 9.17) is 5.11 Å². The van der Waals surface area contributed by atoms with Gasteiger partial charge in [0.1, 0.15) is 12.2 Å². The molecule has 1 rings (SSSR count). The third-order valence-electron chi connectivity index (χ3n) is 2.62. The minimum absolute atomic E-state index is 0.410. The lowest BCUT2D eigenvalue weighted by atomic mass is 10.0. The Balaban J connectivity index is 2.90. The molecule has 2 atom stereocenters. The van der Waals surface area contributed by atoms with Gasteiger partial charge in [-0.2, -0.15) is 0 Å². The summed E-state index contributed by atoms with van der Waals surface area (Å²) in [6.07, 6.45) is -1.36. The SMILES string of the molecule is C=CC(=O)OOOC(=O)/C(=C\c1ccccc1)C(O)C(O)CO. The first-order chi connectivity index (χ1) is 11.0. The van der Waals surface area contributed by atoms with E-state index in [1.807, 2.05) is 0 Å². The Morgan fingerprint density at radius 3 is 2.39 bits per heavy atom. The maximum absolute atomic E-state index is 11.9. The average molecular weight is 324 g/mol. The first kappa shape index (κ1) is 18.5. The lowest BCUT2D eigenvalue weighted by Crippen LogP contribution is -2.34. The first-order valence-electron chi connectivity index (χ1n) is 6.45. The monoisotopic (exact) mass is 324 g/mol. The number of hydrogen-bond acceptors (Lipinski definition) is 8. The number of aliphatic hydroxyl groups excluding tert-OH is 3. The van der Waals surface area contributed by atoms with Crippen LogP contribution >= 0.6 is 0 Å². The second-order valence-electron chi connectivity index (χ2n) is 4.25. The Morgan fingerprint density at radius 1 is 1.17 bits per heavy atom. The van der Waals surface area contributed by atoms with Gasteiger partial charge in [-0.15, -0.1) is 0 Å². The summed E-state index contributed by atoms with van der Waals surface area (Å²) in [5, 5.41) is 32.2. The van der Waals surface area contributed by atoms with E-state index in [1.165, 1.54) is 6.08 Å². The molecule has 3 N–H and O–H groups in total. The first-order valence-corrected chi connectivity index (χ1v) is 6.45. The van der Waals surface area contributed by atoms with Gasteiger partial charge in [0.25, 0.3) is 0 Å². The molecule has 0 spiro atoms. The van der Waals surface area contributed by atoms with Crippen LogP contribution in [0.4, 0.5) is 0 Å². The Morgan fingerprint density at radius 2 is 1.83 bits per heavy atom. The van der Waals surface area contributed by atoms with E-state index < -0.39 is 36.3 Å². The van der Waals surface area contributed by atoms with Gasteiger partial charge in [-0.05, 0) is 11.6 Å². The van der Waals surface area contributed by atoms with Crippen molar-refractivity contribution in [2.24, 2.45) is 0 Å². The van der Waals surface area contributed by atoms with Crippen LogP contribution in [-0.4, -0.2) is 46.1 Å². The van der Waals surface area contributed by atoms with Crippen molar-refractivity contribution < 1.29 is 39.7 Å². The van der Waals surface area contributed by atoms with Crippen LogP contribution in [0.2, 0.25) is 0 Å².